The zero-order valence-corrected chi connectivity index (χ0v) is 14.6. The van der Waals surface area contributed by atoms with E-state index < -0.39 is 0 Å². The number of likely N-dealkylation sites (tertiary alicyclic amines) is 1. The maximum absolute atomic E-state index is 12.8. The van der Waals surface area contributed by atoms with Crippen molar-refractivity contribution < 1.29 is 4.79 Å². The predicted octanol–water partition coefficient (Wildman–Crippen LogP) is 4.09. The molecule has 0 spiro atoms. The summed E-state index contributed by atoms with van der Waals surface area (Å²) in [6.45, 7) is 5.73. The number of nitrogens with one attached hydrogen (secondary N) is 1. The second kappa shape index (κ2) is 6.68. The zero-order chi connectivity index (χ0) is 17.2. The van der Waals surface area contributed by atoms with E-state index in [0.717, 1.165) is 37.9 Å². The summed E-state index contributed by atoms with van der Waals surface area (Å²) in [5.41, 5.74) is 3.26. The molecule has 0 saturated carbocycles. The predicted molar refractivity (Wildman–Crippen MR) is 95.0 cm³/mol. The number of carbonyl (C=O) groups is 1. The molecule has 4 nitrogen and oxygen atoms in total. The van der Waals surface area contributed by atoms with Crippen LogP contribution in [0, 0.1) is 16.7 Å². The Kier molecular flexibility index (Phi) is 4.62. The van der Waals surface area contributed by atoms with Gasteiger partial charge in [0.15, 0.2) is 0 Å². The fourth-order valence-electron chi connectivity index (χ4n) is 3.75. The second-order valence-electron chi connectivity index (χ2n) is 7.41. The normalized spacial score (nSPS) is 20.0. The molecule has 3 rings (SSSR count). The summed E-state index contributed by atoms with van der Waals surface area (Å²) in [6.07, 6.45) is 5.30. The third-order valence-corrected chi connectivity index (χ3v) is 5.08. The van der Waals surface area contributed by atoms with E-state index in [1.165, 1.54) is 18.4 Å². The van der Waals surface area contributed by atoms with Gasteiger partial charge in [-0.3, -0.25) is 0 Å². The molecule has 1 heterocycles. The van der Waals surface area contributed by atoms with Gasteiger partial charge < -0.3 is 10.2 Å². The molecular weight excluding hydrogens is 298 g/mol. The first kappa shape index (κ1) is 16.6. The number of fused-ring (bicyclic) bond motifs is 1. The molecule has 1 aliphatic heterocycles. The van der Waals surface area contributed by atoms with E-state index >= 15 is 0 Å². The maximum Gasteiger partial charge on any atom is 0.321 e. The molecule has 0 radical (unpaired) electrons. The highest BCUT2D eigenvalue weighted by Crippen LogP contribution is 2.41. The quantitative estimate of drug-likeness (QED) is 0.846. The molecule has 0 aromatic heterocycles. The lowest BCUT2D eigenvalue weighted by Gasteiger charge is -2.34. The van der Waals surface area contributed by atoms with Gasteiger partial charge in [-0.05, 0) is 24.8 Å². The van der Waals surface area contributed by atoms with Crippen molar-refractivity contribution in [3.05, 3.63) is 41.0 Å². The summed E-state index contributed by atoms with van der Waals surface area (Å²) in [6, 6.07) is 10.3. The van der Waals surface area contributed by atoms with Gasteiger partial charge in [-0.2, -0.15) is 5.26 Å². The van der Waals surface area contributed by atoms with Crippen molar-refractivity contribution in [2.24, 2.45) is 5.41 Å². The Morgan fingerprint density at radius 3 is 2.50 bits per heavy atom. The van der Waals surface area contributed by atoms with Crippen molar-refractivity contribution in [2.45, 2.75) is 46.0 Å². The highest BCUT2D eigenvalue weighted by Gasteiger charge is 2.34. The van der Waals surface area contributed by atoms with E-state index in [-0.39, 0.29) is 11.4 Å². The fraction of sp³-hybridized carbons (Fsp3) is 0.500. The number of hydrogen-bond donors (Lipinski definition) is 1. The summed E-state index contributed by atoms with van der Waals surface area (Å²) >= 11 is 0. The highest BCUT2D eigenvalue weighted by molar-refractivity contribution is 5.89. The molecule has 4 heteroatoms. The minimum atomic E-state index is -0.273. The third-order valence-electron chi connectivity index (χ3n) is 5.08. The van der Waals surface area contributed by atoms with Crippen molar-refractivity contribution in [1.29, 1.82) is 5.26 Å². The van der Waals surface area contributed by atoms with Crippen LogP contribution >= 0.6 is 0 Å². The van der Waals surface area contributed by atoms with E-state index in [1.54, 1.807) is 0 Å². The van der Waals surface area contributed by atoms with Crippen molar-refractivity contribution in [1.82, 2.24) is 10.2 Å². The molecule has 2 aliphatic rings. The van der Waals surface area contributed by atoms with Gasteiger partial charge in [0.05, 0.1) is 17.3 Å². The molecule has 126 valence electrons. The Hall–Kier alpha value is -2.28. The number of urea groups is 1. The average molecular weight is 323 g/mol. The second-order valence-corrected chi connectivity index (χ2v) is 7.41. The van der Waals surface area contributed by atoms with Gasteiger partial charge in [-0.25, -0.2) is 4.79 Å². The van der Waals surface area contributed by atoms with E-state index in [4.69, 9.17) is 0 Å². The van der Waals surface area contributed by atoms with Crippen LogP contribution in [0.2, 0.25) is 0 Å². The molecule has 1 N–H and O–H groups in total. The topological polar surface area (TPSA) is 56.1 Å². The maximum atomic E-state index is 12.8. The Balaban J connectivity index is 1.94. The lowest BCUT2D eigenvalue weighted by atomic mass is 9.72. The number of nitrogens with zero attached hydrogens (tertiary/aromatic N) is 2. The average Bonchev–Trinajstić information content (AvgIpc) is 2.83. The number of rotatable bonds is 1. The number of amides is 2. The standard InChI is InChI=1S/C20H25N3O/c1-20(2)13-15-9-5-6-10-16(15)18(17(20)14-21)22-19(24)23-11-7-3-4-8-12-23/h5-6,9-10H,3-4,7-8,11-13H2,1-2H3,(H,22,24). The van der Waals surface area contributed by atoms with Crippen molar-refractivity contribution in [2.75, 3.05) is 13.1 Å². The molecule has 1 fully saturated rings. The van der Waals surface area contributed by atoms with Crippen LogP contribution in [-0.4, -0.2) is 24.0 Å². The first-order valence-electron chi connectivity index (χ1n) is 8.82. The summed E-state index contributed by atoms with van der Waals surface area (Å²) in [5.74, 6) is 0. The molecule has 2 amide bonds. The number of hydrogen-bond acceptors (Lipinski definition) is 2. The zero-order valence-electron chi connectivity index (χ0n) is 14.6. The molecule has 1 aromatic carbocycles. The lowest BCUT2D eigenvalue weighted by molar-refractivity contribution is 0.204. The van der Waals surface area contributed by atoms with Gasteiger partial charge in [0.2, 0.25) is 0 Å². The van der Waals surface area contributed by atoms with Crippen LogP contribution in [0.5, 0.6) is 0 Å². The first-order valence-corrected chi connectivity index (χ1v) is 8.82. The Morgan fingerprint density at radius 1 is 1.17 bits per heavy atom. The summed E-state index contributed by atoms with van der Waals surface area (Å²) in [7, 11) is 0. The summed E-state index contributed by atoms with van der Waals surface area (Å²) in [5, 5.41) is 12.8. The largest absolute Gasteiger partial charge is 0.325 e. The summed E-state index contributed by atoms with van der Waals surface area (Å²) in [4.78, 5) is 14.7. The van der Waals surface area contributed by atoms with Gasteiger partial charge in [0.1, 0.15) is 0 Å². The van der Waals surface area contributed by atoms with Gasteiger partial charge in [0.25, 0.3) is 0 Å². The minimum absolute atomic E-state index is 0.0767. The van der Waals surface area contributed by atoms with Crippen molar-refractivity contribution in [3.63, 3.8) is 0 Å². The molecule has 1 aromatic rings. The van der Waals surface area contributed by atoms with Gasteiger partial charge in [0, 0.05) is 24.1 Å². The highest BCUT2D eigenvalue weighted by atomic mass is 16.2. The molecule has 0 bridgehead atoms. The Bertz CT molecular complexity index is 704. The van der Waals surface area contributed by atoms with E-state index in [0.29, 0.717) is 11.3 Å². The van der Waals surface area contributed by atoms with Crippen LogP contribution in [0.15, 0.2) is 29.8 Å². The molecule has 1 aliphatic carbocycles. The minimum Gasteiger partial charge on any atom is -0.325 e. The van der Waals surface area contributed by atoms with Crippen LogP contribution in [0.1, 0.15) is 50.7 Å². The number of allylic oxidation sites excluding steroid dienone is 1. The molecular formula is C20H25N3O. The monoisotopic (exact) mass is 323 g/mol. The summed E-state index contributed by atoms with van der Waals surface area (Å²) < 4.78 is 0. The SMILES string of the molecule is CC1(C)Cc2ccccc2C(NC(=O)N2CCCCCC2)=C1C#N. The fourth-order valence-corrected chi connectivity index (χ4v) is 3.75. The molecule has 0 atom stereocenters. The van der Waals surface area contributed by atoms with Crippen LogP contribution < -0.4 is 5.32 Å². The Morgan fingerprint density at radius 2 is 1.83 bits per heavy atom. The third kappa shape index (κ3) is 3.17. The van der Waals surface area contributed by atoms with Gasteiger partial charge in [-0.15, -0.1) is 0 Å². The molecule has 24 heavy (non-hydrogen) atoms. The number of benzene rings is 1. The van der Waals surface area contributed by atoms with E-state index in [9.17, 15) is 10.1 Å². The first-order chi connectivity index (χ1) is 11.5. The van der Waals surface area contributed by atoms with E-state index in [1.807, 2.05) is 23.1 Å². The van der Waals surface area contributed by atoms with Crippen molar-refractivity contribution >= 4 is 11.7 Å². The lowest BCUT2D eigenvalue weighted by Crippen LogP contribution is -2.41. The number of carbonyl (C=O) groups excluding carboxylic acids is 1. The number of nitriles is 1. The smallest absolute Gasteiger partial charge is 0.321 e. The van der Waals surface area contributed by atoms with Crippen LogP contribution in [0.25, 0.3) is 5.70 Å². The van der Waals surface area contributed by atoms with Crippen LogP contribution in [0.4, 0.5) is 4.79 Å². The molecule has 0 unspecified atom stereocenters. The Labute approximate surface area is 144 Å². The van der Waals surface area contributed by atoms with Crippen LogP contribution in [0.3, 0.4) is 0 Å². The molecule has 1 saturated heterocycles. The van der Waals surface area contributed by atoms with Crippen molar-refractivity contribution in [3.8, 4) is 6.07 Å². The van der Waals surface area contributed by atoms with Gasteiger partial charge >= 0.3 is 6.03 Å². The van der Waals surface area contributed by atoms with Crippen LogP contribution in [-0.2, 0) is 6.42 Å². The van der Waals surface area contributed by atoms with E-state index in [2.05, 4.69) is 31.3 Å². The van der Waals surface area contributed by atoms with Gasteiger partial charge in [-0.1, -0.05) is 51.0 Å².